The van der Waals surface area contributed by atoms with Crippen molar-refractivity contribution in [2.24, 2.45) is 5.10 Å². The summed E-state index contributed by atoms with van der Waals surface area (Å²) < 4.78 is 15.9. The Bertz CT molecular complexity index is 600. The molecule has 1 N–H and O–H groups in total. The molecule has 0 spiro atoms. The zero-order chi connectivity index (χ0) is 15.6. The summed E-state index contributed by atoms with van der Waals surface area (Å²) in [6.07, 6.45) is 1.73. The molecular formula is C17H20N2O3. The molecule has 2 aromatic carbocycles. The number of para-hydroxylation sites is 1. The first-order valence-corrected chi connectivity index (χ1v) is 6.97. The second-order valence-corrected chi connectivity index (χ2v) is 4.49. The van der Waals surface area contributed by atoms with Crippen LogP contribution in [0.4, 0.5) is 5.69 Å². The summed E-state index contributed by atoms with van der Waals surface area (Å²) in [4.78, 5) is 0. The first-order valence-electron chi connectivity index (χ1n) is 6.97. The number of benzene rings is 2. The van der Waals surface area contributed by atoms with Crippen LogP contribution in [0.3, 0.4) is 0 Å². The number of rotatable bonds is 8. The fraction of sp³-hybridized carbons (Fsp3) is 0.235. The highest BCUT2D eigenvalue weighted by atomic mass is 16.5. The SMILES string of the molecule is COCCOc1ccc(C=NNc2ccccc2)cc1OC. The van der Waals surface area contributed by atoms with Crippen molar-refractivity contribution < 1.29 is 14.2 Å². The van der Waals surface area contributed by atoms with Gasteiger partial charge in [0.05, 0.1) is 25.6 Å². The minimum Gasteiger partial charge on any atom is -0.493 e. The quantitative estimate of drug-likeness (QED) is 0.462. The fourth-order valence-electron chi connectivity index (χ4n) is 1.81. The van der Waals surface area contributed by atoms with Crippen LogP contribution in [0.1, 0.15) is 5.56 Å². The molecule has 0 aromatic heterocycles. The van der Waals surface area contributed by atoms with Crippen LogP contribution in [-0.2, 0) is 4.74 Å². The van der Waals surface area contributed by atoms with E-state index in [4.69, 9.17) is 14.2 Å². The van der Waals surface area contributed by atoms with Crippen LogP contribution in [0.15, 0.2) is 53.6 Å². The summed E-state index contributed by atoms with van der Waals surface area (Å²) in [6, 6.07) is 15.4. The summed E-state index contributed by atoms with van der Waals surface area (Å²) in [5.74, 6) is 1.35. The Morgan fingerprint density at radius 1 is 1.00 bits per heavy atom. The number of methoxy groups -OCH3 is 2. The van der Waals surface area contributed by atoms with Crippen LogP contribution >= 0.6 is 0 Å². The molecule has 0 heterocycles. The number of hydrogen-bond donors (Lipinski definition) is 1. The Hall–Kier alpha value is -2.53. The molecule has 2 rings (SSSR count). The van der Waals surface area contributed by atoms with Crippen molar-refractivity contribution >= 4 is 11.9 Å². The van der Waals surface area contributed by atoms with E-state index in [0.717, 1.165) is 11.3 Å². The number of hydrazone groups is 1. The van der Waals surface area contributed by atoms with Gasteiger partial charge in [-0.2, -0.15) is 5.10 Å². The van der Waals surface area contributed by atoms with E-state index in [2.05, 4.69) is 10.5 Å². The zero-order valence-electron chi connectivity index (χ0n) is 12.8. The Balaban J connectivity index is 1.99. The molecule has 2 aromatic rings. The summed E-state index contributed by atoms with van der Waals surface area (Å²) in [7, 11) is 3.25. The number of nitrogens with one attached hydrogen (secondary N) is 1. The van der Waals surface area contributed by atoms with Crippen LogP contribution in [-0.4, -0.2) is 33.6 Å². The summed E-state index contributed by atoms with van der Waals surface area (Å²) in [5.41, 5.74) is 4.82. The number of anilines is 1. The lowest BCUT2D eigenvalue weighted by Gasteiger charge is -2.10. The summed E-state index contributed by atoms with van der Waals surface area (Å²) in [6.45, 7) is 1.02. The van der Waals surface area contributed by atoms with Crippen molar-refractivity contribution in [3.8, 4) is 11.5 Å². The van der Waals surface area contributed by atoms with Crippen molar-refractivity contribution in [2.75, 3.05) is 32.9 Å². The molecule has 0 saturated heterocycles. The first kappa shape index (κ1) is 15.9. The summed E-state index contributed by atoms with van der Waals surface area (Å²) in [5, 5.41) is 4.20. The van der Waals surface area contributed by atoms with E-state index in [0.29, 0.717) is 24.7 Å². The first-order chi connectivity index (χ1) is 10.8. The highest BCUT2D eigenvalue weighted by molar-refractivity contribution is 5.81. The standard InChI is InChI=1S/C17H20N2O3/c1-20-10-11-22-16-9-8-14(12-17(16)21-2)13-18-19-15-6-4-3-5-7-15/h3-9,12-13,19H,10-11H2,1-2H3. The van der Waals surface area contributed by atoms with Crippen molar-refractivity contribution in [2.45, 2.75) is 0 Å². The number of nitrogens with zero attached hydrogens (tertiary/aromatic N) is 1. The van der Waals surface area contributed by atoms with Crippen LogP contribution in [0.2, 0.25) is 0 Å². The maximum absolute atomic E-state index is 5.59. The smallest absolute Gasteiger partial charge is 0.161 e. The second kappa shape index (κ2) is 8.69. The van der Waals surface area contributed by atoms with Gasteiger partial charge in [-0.25, -0.2) is 0 Å². The molecule has 5 heteroatoms. The molecule has 0 aliphatic rings. The average Bonchev–Trinajstić information content (AvgIpc) is 2.57. The third-order valence-electron chi connectivity index (χ3n) is 2.91. The van der Waals surface area contributed by atoms with Gasteiger partial charge >= 0.3 is 0 Å². The number of ether oxygens (including phenoxy) is 3. The average molecular weight is 300 g/mol. The molecule has 0 unspecified atom stereocenters. The van der Waals surface area contributed by atoms with E-state index in [9.17, 15) is 0 Å². The predicted octanol–water partition coefficient (Wildman–Crippen LogP) is 3.17. The highest BCUT2D eigenvalue weighted by Gasteiger charge is 2.04. The number of hydrogen-bond acceptors (Lipinski definition) is 5. The molecule has 0 aliphatic carbocycles. The Kier molecular flexibility index (Phi) is 6.26. The van der Waals surface area contributed by atoms with Crippen molar-refractivity contribution in [3.05, 3.63) is 54.1 Å². The van der Waals surface area contributed by atoms with Crippen LogP contribution in [0.25, 0.3) is 0 Å². The third kappa shape index (κ3) is 4.79. The van der Waals surface area contributed by atoms with Gasteiger partial charge in [0.2, 0.25) is 0 Å². The lowest BCUT2D eigenvalue weighted by molar-refractivity contribution is 0.144. The molecule has 0 fully saturated rings. The van der Waals surface area contributed by atoms with Crippen molar-refractivity contribution in [3.63, 3.8) is 0 Å². The van der Waals surface area contributed by atoms with Gasteiger partial charge in [0.25, 0.3) is 0 Å². The maximum atomic E-state index is 5.59. The molecule has 0 amide bonds. The van der Waals surface area contributed by atoms with Gasteiger partial charge in [-0.1, -0.05) is 18.2 Å². The molecular weight excluding hydrogens is 280 g/mol. The van der Waals surface area contributed by atoms with E-state index in [1.165, 1.54) is 0 Å². The minimum absolute atomic E-state index is 0.482. The zero-order valence-corrected chi connectivity index (χ0v) is 12.8. The van der Waals surface area contributed by atoms with Gasteiger partial charge in [-0.3, -0.25) is 5.43 Å². The molecule has 116 valence electrons. The third-order valence-corrected chi connectivity index (χ3v) is 2.91. The topological polar surface area (TPSA) is 52.1 Å². The van der Waals surface area contributed by atoms with E-state index in [-0.39, 0.29) is 0 Å². The van der Waals surface area contributed by atoms with Crippen LogP contribution < -0.4 is 14.9 Å². The van der Waals surface area contributed by atoms with Gasteiger partial charge in [0.1, 0.15) is 6.61 Å². The van der Waals surface area contributed by atoms with Crippen molar-refractivity contribution in [1.29, 1.82) is 0 Å². The Morgan fingerprint density at radius 2 is 1.82 bits per heavy atom. The molecule has 0 radical (unpaired) electrons. The molecule has 0 saturated carbocycles. The largest absolute Gasteiger partial charge is 0.493 e. The second-order valence-electron chi connectivity index (χ2n) is 4.49. The lowest BCUT2D eigenvalue weighted by atomic mass is 10.2. The molecule has 0 aliphatic heterocycles. The minimum atomic E-state index is 0.482. The molecule has 0 atom stereocenters. The normalized spacial score (nSPS) is 10.6. The van der Waals surface area contributed by atoms with E-state index in [1.54, 1.807) is 20.4 Å². The van der Waals surface area contributed by atoms with Gasteiger partial charge in [-0.15, -0.1) is 0 Å². The van der Waals surface area contributed by atoms with Gasteiger partial charge in [0.15, 0.2) is 11.5 Å². The Labute approximate surface area is 130 Å². The maximum Gasteiger partial charge on any atom is 0.161 e. The molecule has 0 bridgehead atoms. The van der Waals surface area contributed by atoms with Crippen molar-refractivity contribution in [1.82, 2.24) is 0 Å². The van der Waals surface area contributed by atoms with Gasteiger partial charge in [-0.05, 0) is 35.9 Å². The fourth-order valence-corrected chi connectivity index (χ4v) is 1.81. The molecule has 22 heavy (non-hydrogen) atoms. The predicted molar refractivity (Wildman–Crippen MR) is 88.0 cm³/mol. The highest BCUT2D eigenvalue weighted by Crippen LogP contribution is 2.27. The van der Waals surface area contributed by atoms with Crippen LogP contribution in [0.5, 0.6) is 11.5 Å². The van der Waals surface area contributed by atoms with E-state index < -0.39 is 0 Å². The Morgan fingerprint density at radius 3 is 2.55 bits per heavy atom. The lowest BCUT2D eigenvalue weighted by Crippen LogP contribution is -2.05. The van der Waals surface area contributed by atoms with Crippen LogP contribution in [0, 0.1) is 0 Å². The van der Waals surface area contributed by atoms with Gasteiger partial charge in [0, 0.05) is 7.11 Å². The van der Waals surface area contributed by atoms with E-state index >= 15 is 0 Å². The van der Waals surface area contributed by atoms with Gasteiger partial charge < -0.3 is 14.2 Å². The van der Waals surface area contributed by atoms with E-state index in [1.807, 2.05) is 48.5 Å². The molecule has 5 nitrogen and oxygen atoms in total. The monoisotopic (exact) mass is 300 g/mol. The summed E-state index contributed by atoms with van der Waals surface area (Å²) >= 11 is 0.